The van der Waals surface area contributed by atoms with Gasteiger partial charge in [-0.1, -0.05) is 24.3 Å². The third kappa shape index (κ3) is 2.41. The van der Waals surface area contributed by atoms with Gasteiger partial charge >= 0.3 is 0 Å². The number of nitrogens with zero attached hydrogens (tertiary/aromatic N) is 1. The van der Waals surface area contributed by atoms with E-state index in [4.69, 9.17) is 0 Å². The van der Waals surface area contributed by atoms with E-state index in [1.54, 1.807) is 11.3 Å². The van der Waals surface area contributed by atoms with Crippen molar-refractivity contribution in [1.82, 2.24) is 0 Å². The van der Waals surface area contributed by atoms with Crippen LogP contribution in [0.1, 0.15) is 27.7 Å². The van der Waals surface area contributed by atoms with Gasteiger partial charge in [-0.3, -0.25) is 9.69 Å². The van der Waals surface area contributed by atoms with Crippen molar-refractivity contribution in [3.8, 4) is 0 Å². The van der Waals surface area contributed by atoms with Gasteiger partial charge in [0.25, 0.3) is 5.91 Å². The summed E-state index contributed by atoms with van der Waals surface area (Å²) in [7, 11) is 0. The van der Waals surface area contributed by atoms with Crippen LogP contribution in [0.15, 0.2) is 65.4 Å². The van der Waals surface area contributed by atoms with E-state index >= 15 is 0 Å². The molecular weight excluding hydrogens is 304 g/mol. The first-order valence-corrected chi connectivity index (χ1v) is 8.46. The fraction of sp³-hybridized carbons (Fsp3) is 0.105. The Morgan fingerprint density at radius 3 is 2.74 bits per heavy atom. The Morgan fingerprint density at radius 1 is 1.09 bits per heavy atom. The number of rotatable bonds is 2. The fourth-order valence-corrected chi connectivity index (χ4v) is 3.64. The first-order chi connectivity index (χ1) is 11.2. The molecule has 1 aliphatic rings. The SMILES string of the molecule is Cc1cccc(N2C(=O)c3ccccc3N[C@@H]2c2ccsc2)c1. The number of para-hydroxylation sites is 1. The van der Waals surface area contributed by atoms with Crippen molar-refractivity contribution in [1.29, 1.82) is 0 Å². The molecule has 0 fully saturated rings. The Hall–Kier alpha value is -2.59. The predicted octanol–water partition coefficient (Wildman–Crippen LogP) is 4.83. The highest BCUT2D eigenvalue weighted by atomic mass is 32.1. The van der Waals surface area contributed by atoms with E-state index in [2.05, 4.69) is 16.8 Å². The van der Waals surface area contributed by atoms with Gasteiger partial charge < -0.3 is 5.32 Å². The summed E-state index contributed by atoms with van der Waals surface area (Å²) < 4.78 is 0. The van der Waals surface area contributed by atoms with Crippen LogP contribution in [-0.2, 0) is 0 Å². The lowest BCUT2D eigenvalue weighted by Gasteiger charge is -2.37. The van der Waals surface area contributed by atoms with Gasteiger partial charge in [-0.15, -0.1) is 0 Å². The Kier molecular flexibility index (Phi) is 3.39. The van der Waals surface area contributed by atoms with Gasteiger partial charge in [0.05, 0.1) is 5.56 Å². The van der Waals surface area contributed by atoms with Crippen molar-refractivity contribution in [2.24, 2.45) is 0 Å². The molecule has 0 saturated heterocycles. The van der Waals surface area contributed by atoms with Gasteiger partial charge in [0.15, 0.2) is 0 Å². The van der Waals surface area contributed by atoms with Crippen LogP contribution >= 0.6 is 11.3 Å². The average molecular weight is 320 g/mol. The third-order valence-electron chi connectivity index (χ3n) is 4.07. The summed E-state index contributed by atoms with van der Waals surface area (Å²) in [5, 5.41) is 7.63. The first kappa shape index (κ1) is 14.0. The van der Waals surface area contributed by atoms with Crippen LogP contribution in [0.4, 0.5) is 11.4 Å². The maximum Gasteiger partial charge on any atom is 0.262 e. The molecule has 3 nitrogen and oxygen atoms in total. The van der Waals surface area contributed by atoms with Crippen molar-refractivity contribution < 1.29 is 4.79 Å². The van der Waals surface area contributed by atoms with Crippen LogP contribution in [0.5, 0.6) is 0 Å². The van der Waals surface area contributed by atoms with E-state index in [9.17, 15) is 4.79 Å². The number of hydrogen-bond acceptors (Lipinski definition) is 3. The van der Waals surface area contributed by atoms with E-state index in [1.807, 2.05) is 65.7 Å². The van der Waals surface area contributed by atoms with Gasteiger partial charge in [-0.05, 0) is 53.6 Å². The third-order valence-corrected chi connectivity index (χ3v) is 4.77. The molecule has 1 N–H and O–H groups in total. The number of nitrogens with one attached hydrogen (secondary N) is 1. The zero-order valence-electron chi connectivity index (χ0n) is 12.7. The molecule has 114 valence electrons. The Balaban J connectivity index is 1.87. The van der Waals surface area contributed by atoms with Crippen molar-refractivity contribution in [2.45, 2.75) is 13.1 Å². The number of carbonyl (C=O) groups excluding carboxylic acids is 1. The number of anilines is 2. The monoisotopic (exact) mass is 320 g/mol. The molecule has 0 spiro atoms. The molecule has 0 radical (unpaired) electrons. The lowest BCUT2D eigenvalue weighted by atomic mass is 10.0. The van der Waals surface area contributed by atoms with Crippen LogP contribution in [-0.4, -0.2) is 5.91 Å². The van der Waals surface area contributed by atoms with Gasteiger partial charge in [0.1, 0.15) is 6.17 Å². The van der Waals surface area contributed by atoms with E-state index in [-0.39, 0.29) is 12.1 Å². The minimum Gasteiger partial charge on any atom is -0.360 e. The lowest BCUT2D eigenvalue weighted by Crippen LogP contribution is -2.43. The molecule has 0 bridgehead atoms. The molecular formula is C19H16N2OS. The number of amides is 1. The normalized spacial score (nSPS) is 16.8. The molecule has 4 rings (SSSR count). The quantitative estimate of drug-likeness (QED) is 0.733. The van der Waals surface area contributed by atoms with Crippen molar-refractivity contribution in [2.75, 3.05) is 10.2 Å². The number of carbonyl (C=O) groups is 1. The highest BCUT2D eigenvalue weighted by molar-refractivity contribution is 7.08. The van der Waals surface area contributed by atoms with Crippen LogP contribution in [0.3, 0.4) is 0 Å². The number of benzene rings is 2. The minimum absolute atomic E-state index is 0.0288. The summed E-state index contributed by atoms with van der Waals surface area (Å²) >= 11 is 1.64. The molecule has 23 heavy (non-hydrogen) atoms. The second-order valence-electron chi connectivity index (χ2n) is 5.66. The topological polar surface area (TPSA) is 32.3 Å². The number of hydrogen-bond donors (Lipinski definition) is 1. The van der Waals surface area contributed by atoms with E-state index in [0.717, 1.165) is 22.5 Å². The molecule has 2 heterocycles. The van der Waals surface area contributed by atoms with Crippen LogP contribution in [0.2, 0.25) is 0 Å². The molecule has 1 atom stereocenters. The molecule has 4 heteroatoms. The van der Waals surface area contributed by atoms with Crippen LogP contribution in [0, 0.1) is 6.92 Å². The summed E-state index contributed by atoms with van der Waals surface area (Å²) in [5.74, 6) is 0.0288. The first-order valence-electron chi connectivity index (χ1n) is 7.52. The van der Waals surface area contributed by atoms with Crippen LogP contribution in [0.25, 0.3) is 0 Å². The second-order valence-corrected chi connectivity index (χ2v) is 6.44. The molecule has 2 aromatic carbocycles. The summed E-state index contributed by atoms with van der Waals surface area (Å²) in [6, 6.07) is 17.8. The minimum atomic E-state index is -0.189. The molecule has 3 aromatic rings. The van der Waals surface area contributed by atoms with Crippen molar-refractivity contribution in [3.63, 3.8) is 0 Å². The maximum atomic E-state index is 13.1. The summed E-state index contributed by atoms with van der Waals surface area (Å²) in [6.07, 6.45) is -0.189. The van der Waals surface area contributed by atoms with Crippen LogP contribution < -0.4 is 10.2 Å². The Morgan fingerprint density at radius 2 is 1.96 bits per heavy atom. The molecule has 1 aromatic heterocycles. The smallest absolute Gasteiger partial charge is 0.262 e. The van der Waals surface area contributed by atoms with E-state index < -0.39 is 0 Å². The van der Waals surface area contributed by atoms with Crippen molar-refractivity contribution in [3.05, 3.63) is 82.0 Å². The summed E-state index contributed by atoms with van der Waals surface area (Å²) in [4.78, 5) is 15.0. The summed E-state index contributed by atoms with van der Waals surface area (Å²) in [6.45, 7) is 2.04. The lowest BCUT2D eigenvalue weighted by molar-refractivity contribution is 0.0975. The number of thiophene rings is 1. The molecule has 1 aliphatic heterocycles. The summed E-state index contributed by atoms with van der Waals surface area (Å²) in [5.41, 5.74) is 4.74. The number of aryl methyl sites for hydroxylation is 1. The number of fused-ring (bicyclic) bond motifs is 1. The molecule has 0 saturated carbocycles. The Bertz CT molecular complexity index is 857. The molecule has 0 unspecified atom stereocenters. The van der Waals surface area contributed by atoms with Gasteiger partial charge in [-0.25, -0.2) is 0 Å². The zero-order chi connectivity index (χ0) is 15.8. The van der Waals surface area contributed by atoms with E-state index in [1.165, 1.54) is 0 Å². The maximum absolute atomic E-state index is 13.1. The largest absolute Gasteiger partial charge is 0.360 e. The average Bonchev–Trinajstić information content (AvgIpc) is 3.09. The Labute approximate surface area is 139 Å². The van der Waals surface area contributed by atoms with Gasteiger partial charge in [0, 0.05) is 16.9 Å². The fourth-order valence-electron chi connectivity index (χ4n) is 2.96. The van der Waals surface area contributed by atoms with Gasteiger partial charge in [-0.2, -0.15) is 11.3 Å². The predicted molar refractivity (Wildman–Crippen MR) is 95.1 cm³/mol. The molecule has 0 aliphatic carbocycles. The van der Waals surface area contributed by atoms with Gasteiger partial charge in [0.2, 0.25) is 0 Å². The standard InChI is InChI=1S/C19H16N2OS/c1-13-5-4-6-15(11-13)21-18(14-9-10-23-12-14)20-17-8-3-2-7-16(17)19(21)22/h2-12,18,20H,1H3/t18-/m0/s1. The highest BCUT2D eigenvalue weighted by Gasteiger charge is 2.34. The zero-order valence-corrected chi connectivity index (χ0v) is 13.5. The molecule has 1 amide bonds. The van der Waals surface area contributed by atoms with Crippen molar-refractivity contribution >= 4 is 28.6 Å². The second kappa shape index (κ2) is 5.56. The van der Waals surface area contributed by atoms with E-state index in [0.29, 0.717) is 5.56 Å². The highest BCUT2D eigenvalue weighted by Crippen LogP contribution is 2.37.